The van der Waals surface area contributed by atoms with Crippen LogP contribution in [0.5, 0.6) is 5.75 Å². The lowest BCUT2D eigenvalue weighted by molar-refractivity contribution is -0.892. The number of aromatic hydroxyl groups is 1. The summed E-state index contributed by atoms with van der Waals surface area (Å²) in [5.74, 6) is 0.511. The highest BCUT2D eigenvalue weighted by Crippen LogP contribution is 2.18. The Bertz CT molecular complexity index is 775. The summed E-state index contributed by atoms with van der Waals surface area (Å²) in [7, 11) is 1.70. The highest BCUT2D eigenvalue weighted by atomic mass is 16.5. The lowest BCUT2D eigenvalue weighted by Crippen LogP contribution is -3.15. The van der Waals surface area contributed by atoms with E-state index in [0.717, 1.165) is 55.4 Å². The van der Waals surface area contributed by atoms with Crippen LogP contribution in [0.15, 0.2) is 30.3 Å². The molecule has 0 saturated carbocycles. The van der Waals surface area contributed by atoms with E-state index in [1.807, 2.05) is 32.0 Å². The maximum absolute atomic E-state index is 12.9. The number of phenols is 1. The van der Waals surface area contributed by atoms with E-state index in [2.05, 4.69) is 9.47 Å². The Labute approximate surface area is 161 Å². The van der Waals surface area contributed by atoms with Crippen LogP contribution in [0.1, 0.15) is 21.7 Å². The molecular formula is C21H30N3O3+. The normalized spacial score (nSPS) is 15.3. The molecule has 3 rings (SSSR count). The lowest BCUT2D eigenvalue weighted by atomic mass is 10.1. The van der Waals surface area contributed by atoms with E-state index in [0.29, 0.717) is 13.2 Å². The van der Waals surface area contributed by atoms with E-state index >= 15 is 0 Å². The summed E-state index contributed by atoms with van der Waals surface area (Å²) in [6.07, 6.45) is 0. The highest BCUT2D eigenvalue weighted by Gasteiger charge is 2.25. The van der Waals surface area contributed by atoms with Crippen molar-refractivity contribution in [3.8, 4) is 5.75 Å². The molecule has 146 valence electrons. The predicted molar refractivity (Wildman–Crippen MR) is 106 cm³/mol. The minimum absolute atomic E-state index is 0.222. The third-order valence-corrected chi connectivity index (χ3v) is 5.49. The zero-order valence-electron chi connectivity index (χ0n) is 16.5. The molecule has 1 aromatic carbocycles. The lowest BCUT2D eigenvalue weighted by Gasteiger charge is -2.33. The Morgan fingerprint density at radius 3 is 2.48 bits per heavy atom. The Balaban J connectivity index is 1.57. The van der Waals surface area contributed by atoms with Crippen LogP contribution in [-0.4, -0.2) is 61.9 Å². The van der Waals surface area contributed by atoms with Crippen molar-refractivity contribution in [3.05, 3.63) is 47.3 Å². The highest BCUT2D eigenvalue weighted by molar-refractivity contribution is 5.98. The molecule has 1 aliphatic heterocycles. The van der Waals surface area contributed by atoms with E-state index in [4.69, 9.17) is 4.74 Å². The second-order valence-corrected chi connectivity index (χ2v) is 7.28. The van der Waals surface area contributed by atoms with Gasteiger partial charge in [0.25, 0.3) is 0 Å². The van der Waals surface area contributed by atoms with E-state index in [-0.39, 0.29) is 11.5 Å². The molecule has 2 heterocycles. The summed E-state index contributed by atoms with van der Waals surface area (Å²) in [6, 6.07) is 9.34. The third-order valence-electron chi connectivity index (χ3n) is 5.49. The molecule has 2 N–H and O–H groups in total. The number of aryl methyl sites for hydroxylation is 1. The van der Waals surface area contributed by atoms with Gasteiger partial charge in [0, 0.05) is 36.3 Å². The number of piperazine rings is 1. The zero-order chi connectivity index (χ0) is 19.4. The van der Waals surface area contributed by atoms with E-state index in [1.54, 1.807) is 19.2 Å². The summed E-state index contributed by atoms with van der Waals surface area (Å²) in [6.45, 7) is 9.74. The van der Waals surface area contributed by atoms with Crippen molar-refractivity contribution < 1.29 is 19.5 Å². The van der Waals surface area contributed by atoms with Gasteiger partial charge in [0.2, 0.25) is 5.78 Å². The fraction of sp³-hybridized carbons (Fsp3) is 0.476. The summed E-state index contributed by atoms with van der Waals surface area (Å²) in [4.78, 5) is 16.5. The maximum Gasteiger partial charge on any atom is 0.218 e. The molecule has 0 atom stereocenters. The van der Waals surface area contributed by atoms with Crippen LogP contribution in [0.4, 0.5) is 5.69 Å². The standard InChI is InChI=1S/C21H29N3O3/c1-16-14-20(17(2)24(16)12-13-27-3)21(26)15-22-8-10-23(11-9-22)18-4-6-19(25)7-5-18/h4-7,14,25H,8-13,15H2,1-3H3/p+1. The molecule has 0 amide bonds. The summed E-state index contributed by atoms with van der Waals surface area (Å²) < 4.78 is 7.33. The Kier molecular flexibility index (Phi) is 6.19. The summed E-state index contributed by atoms with van der Waals surface area (Å²) in [5.41, 5.74) is 4.12. The first-order valence-electron chi connectivity index (χ1n) is 9.56. The quantitative estimate of drug-likeness (QED) is 0.713. The molecule has 2 aromatic rings. The number of aromatic nitrogens is 1. The van der Waals surface area contributed by atoms with Gasteiger partial charge < -0.3 is 24.2 Å². The number of carbonyl (C=O) groups is 1. The average molecular weight is 372 g/mol. The minimum Gasteiger partial charge on any atom is -0.508 e. The number of rotatable bonds is 7. The number of phenolic OH excluding ortho intramolecular Hbond substituents is 1. The fourth-order valence-electron chi connectivity index (χ4n) is 3.85. The molecule has 0 bridgehead atoms. The smallest absolute Gasteiger partial charge is 0.218 e. The van der Waals surface area contributed by atoms with Gasteiger partial charge in [0.15, 0.2) is 0 Å². The molecule has 6 nitrogen and oxygen atoms in total. The molecule has 6 heteroatoms. The van der Waals surface area contributed by atoms with E-state index < -0.39 is 0 Å². The summed E-state index contributed by atoms with van der Waals surface area (Å²) >= 11 is 0. The number of hydrogen-bond donors (Lipinski definition) is 2. The van der Waals surface area contributed by atoms with Crippen molar-refractivity contribution >= 4 is 11.5 Å². The molecule has 1 saturated heterocycles. The number of ketones is 1. The summed E-state index contributed by atoms with van der Waals surface area (Å²) in [5, 5.41) is 9.43. The van der Waals surface area contributed by atoms with Crippen molar-refractivity contribution in [1.82, 2.24) is 4.57 Å². The number of ether oxygens (including phenoxy) is 1. The van der Waals surface area contributed by atoms with Gasteiger partial charge in [-0.1, -0.05) is 0 Å². The van der Waals surface area contributed by atoms with E-state index in [9.17, 15) is 9.90 Å². The predicted octanol–water partition coefficient (Wildman–Crippen LogP) is 1.04. The first-order valence-corrected chi connectivity index (χ1v) is 9.56. The molecule has 0 unspecified atom stereocenters. The monoisotopic (exact) mass is 372 g/mol. The van der Waals surface area contributed by atoms with Gasteiger partial charge in [-0.15, -0.1) is 0 Å². The molecule has 27 heavy (non-hydrogen) atoms. The largest absolute Gasteiger partial charge is 0.508 e. The van der Waals surface area contributed by atoms with Gasteiger partial charge in [-0.25, -0.2) is 0 Å². The van der Waals surface area contributed by atoms with Crippen LogP contribution in [0.3, 0.4) is 0 Å². The first-order chi connectivity index (χ1) is 13.0. The van der Waals surface area contributed by atoms with Crippen LogP contribution in [0, 0.1) is 13.8 Å². The van der Waals surface area contributed by atoms with Crippen LogP contribution in [0.25, 0.3) is 0 Å². The Morgan fingerprint density at radius 1 is 1.19 bits per heavy atom. The number of benzene rings is 1. The molecule has 0 radical (unpaired) electrons. The maximum atomic E-state index is 12.9. The average Bonchev–Trinajstić information content (AvgIpc) is 2.95. The van der Waals surface area contributed by atoms with Gasteiger partial charge in [-0.05, 0) is 44.2 Å². The number of hydrogen-bond acceptors (Lipinski definition) is 4. The molecular weight excluding hydrogens is 342 g/mol. The molecule has 1 aliphatic rings. The van der Waals surface area contributed by atoms with Gasteiger partial charge in [0.1, 0.15) is 12.3 Å². The van der Waals surface area contributed by atoms with Crippen LogP contribution < -0.4 is 9.80 Å². The van der Waals surface area contributed by atoms with Crippen molar-refractivity contribution in [2.75, 3.05) is 51.3 Å². The first kappa shape index (κ1) is 19.5. The fourth-order valence-corrected chi connectivity index (χ4v) is 3.85. The number of nitrogens with zero attached hydrogens (tertiary/aromatic N) is 2. The number of carbonyl (C=O) groups excluding carboxylic acids is 1. The van der Waals surface area contributed by atoms with Crippen molar-refractivity contribution in [2.24, 2.45) is 0 Å². The molecule has 1 fully saturated rings. The second kappa shape index (κ2) is 8.59. The van der Waals surface area contributed by atoms with Gasteiger partial charge >= 0.3 is 0 Å². The molecule has 0 spiro atoms. The van der Waals surface area contributed by atoms with Gasteiger partial charge in [-0.2, -0.15) is 0 Å². The SMILES string of the molecule is COCCn1c(C)cc(C(=O)C[NH+]2CCN(c3ccc(O)cc3)CC2)c1C. The Morgan fingerprint density at radius 2 is 1.85 bits per heavy atom. The van der Waals surface area contributed by atoms with Crippen LogP contribution in [0.2, 0.25) is 0 Å². The second-order valence-electron chi connectivity index (χ2n) is 7.28. The van der Waals surface area contributed by atoms with Gasteiger partial charge in [-0.3, -0.25) is 4.79 Å². The van der Waals surface area contributed by atoms with Crippen molar-refractivity contribution in [1.29, 1.82) is 0 Å². The Hall–Kier alpha value is -2.31. The minimum atomic E-state index is 0.222. The topological polar surface area (TPSA) is 59.1 Å². The molecule has 0 aliphatic carbocycles. The van der Waals surface area contributed by atoms with Crippen molar-refractivity contribution in [3.63, 3.8) is 0 Å². The number of methoxy groups -OCH3 is 1. The van der Waals surface area contributed by atoms with Crippen molar-refractivity contribution in [2.45, 2.75) is 20.4 Å². The number of quaternary nitrogens is 1. The third kappa shape index (κ3) is 4.51. The van der Waals surface area contributed by atoms with Crippen LogP contribution in [-0.2, 0) is 11.3 Å². The van der Waals surface area contributed by atoms with Crippen LogP contribution >= 0.6 is 0 Å². The number of Topliss-reactive ketones (excluding diaryl/α,β-unsaturated/α-hetero) is 1. The van der Waals surface area contributed by atoms with E-state index in [1.165, 1.54) is 4.90 Å². The number of nitrogens with one attached hydrogen (secondary N) is 1. The van der Waals surface area contributed by atoms with Gasteiger partial charge in [0.05, 0.1) is 32.8 Å². The zero-order valence-corrected chi connectivity index (χ0v) is 16.5. The molecule has 1 aromatic heterocycles. The number of anilines is 1.